The normalized spacial score (nSPS) is 10.7. The molecule has 0 saturated carbocycles. The summed E-state index contributed by atoms with van der Waals surface area (Å²) >= 11 is 0. The van der Waals surface area contributed by atoms with Crippen LogP contribution in [-0.2, 0) is 11.2 Å². The Balaban J connectivity index is 1.51. The molecule has 26 heavy (non-hydrogen) atoms. The molecule has 2 aromatic heterocycles. The Labute approximate surface area is 152 Å². The molecule has 0 aliphatic carbocycles. The fraction of sp³-hybridized carbons (Fsp3) is 0.300. The Kier molecular flexibility index (Phi) is 5.41. The van der Waals surface area contributed by atoms with E-state index in [4.69, 9.17) is 9.47 Å². The molecule has 0 spiro atoms. The zero-order chi connectivity index (χ0) is 18.5. The van der Waals surface area contributed by atoms with Crippen molar-refractivity contribution in [1.82, 2.24) is 14.7 Å². The summed E-state index contributed by atoms with van der Waals surface area (Å²) < 4.78 is 12.9. The Morgan fingerprint density at radius 3 is 2.69 bits per heavy atom. The van der Waals surface area contributed by atoms with Crippen LogP contribution in [0.25, 0.3) is 5.65 Å². The van der Waals surface area contributed by atoms with Crippen LogP contribution >= 0.6 is 0 Å². The lowest BCUT2D eigenvalue weighted by Gasteiger charge is -2.11. The summed E-state index contributed by atoms with van der Waals surface area (Å²) in [4.78, 5) is 16.6. The monoisotopic (exact) mass is 353 g/mol. The van der Waals surface area contributed by atoms with Gasteiger partial charge in [0.2, 0.25) is 0 Å². The first-order valence-electron chi connectivity index (χ1n) is 8.55. The third-order valence-electron chi connectivity index (χ3n) is 4.18. The number of hydrogen-bond donors (Lipinski definition) is 1. The van der Waals surface area contributed by atoms with Crippen LogP contribution in [0.5, 0.6) is 11.5 Å². The largest absolute Gasteiger partial charge is 0.493 e. The maximum Gasteiger partial charge on any atom is 0.257 e. The lowest BCUT2D eigenvalue weighted by atomic mass is 10.1. The number of aryl methyl sites for hydroxylation is 2. The summed E-state index contributed by atoms with van der Waals surface area (Å²) in [6, 6.07) is 9.69. The van der Waals surface area contributed by atoms with Crippen LogP contribution in [0.3, 0.4) is 0 Å². The lowest BCUT2D eigenvalue weighted by molar-refractivity contribution is -0.123. The van der Waals surface area contributed by atoms with Crippen molar-refractivity contribution in [3.63, 3.8) is 0 Å². The first-order chi connectivity index (χ1) is 12.6. The van der Waals surface area contributed by atoms with Crippen molar-refractivity contribution in [3.05, 3.63) is 59.5 Å². The minimum absolute atomic E-state index is 0.00465. The smallest absolute Gasteiger partial charge is 0.257 e. The summed E-state index contributed by atoms with van der Waals surface area (Å²) in [5, 5.41) is 2.87. The standard InChI is InChI=1S/C20H23N3O3/c1-14-6-4-7-15(2)19(14)26-13-18(24)21-10-9-16-12-23-11-5-8-17(25-3)20(23)22-16/h4-8,11-12H,9-10,13H2,1-3H3,(H,21,24). The SMILES string of the molecule is COc1cccn2cc(CCNC(=O)COc3c(C)cccc3C)nc12. The second-order valence-corrected chi connectivity index (χ2v) is 6.15. The topological polar surface area (TPSA) is 64.9 Å². The number of fused-ring (bicyclic) bond motifs is 1. The van der Waals surface area contributed by atoms with Gasteiger partial charge in [-0.15, -0.1) is 0 Å². The molecule has 2 heterocycles. The first-order valence-corrected chi connectivity index (χ1v) is 8.55. The van der Waals surface area contributed by atoms with Crippen LogP contribution in [-0.4, -0.2) is 35.6 Å². The average Bonchev–Trinajstić information content (AvgIpc) is 3.04. The quantitative estimate of drug-likeness (QED) is 0.709. The fourth-order valence-electron chi connectivity index (χ4n) is 2.86. The Morgan fingerprint density at radius 1 is 1.19 bits per heavy atom. The number of ether oxygens (including phenoxy) is 2. The summed E-state index contributed by atoms with van der Waals surface area (Å²) in [7, 11) is 1.63. The predicted octanol–water partition coefficient (Wildman–Crippen LogP) is 2.70. The first kappa shape index (κ1) is 17.8. The van der Waals surface area contributed by atoms with Crippen molar-refractivity contribution in [2.75, 3.05) is 20.3 Å². The van der Waals surface area contributed by atoms with Gasteiger partial charge >= 0.3 is 0 Å². The maximum absolute atomic E-state index is 12.0. The summed E-state index contributed by atoms with van der Waals surface area (Å²) in [5.74, 6) is 1.36. The zero-order valence-electron chi connectivity index (χ0n) is 15.3. The van der Waals surface area contributed by atoms with E-state index in [9.17, 15) is 4.79 Å². The number of methoxy groups -OCH3 is 1. The van der Waals surface area contributed by atoms with E-state index in [1.165, 1.54) is 0 Å². The van der Waals surface area contributed by atoms with Crippen molar-refractivity contribution in [2.45, 2.75) is 20.3 Å². The highest BCUT2D eigenvalue weighted by molar-refractivity contribution is 5.77. The second-order valence-electron chi connectivity index (χ2n) is 6.15. The molecule has 136 valence electrons. The van der Waals surface area contributed by atoms with Gasteiger partial charge in [-0.2, -0.15) is 0 Å². The highest BCUT2D eigenvalue weighted by Crippen LogP contribution is 2.22. The van der Waals surface area contributed by atoms with E-state index in [0.717, 1.165) is 34.0 Å². The van der Waals surface area contributed by atoms with E-state index in [-0.39, 0.29) is 12.5 Å². The predicted molar refractivity (Wildman–Crippen MR) is 99.9 cm³/mol. The number of carbonyl (C=O) groups excluding carboxylic acids is 1. The molecule has 1 aromatic carbocycles. The molecule has 1 amide bonds. The van der Waals surface area contributed by atoms with Gasteiger partial charge in [0.15, 0.2) is 18.0 Å². The molecule has 0 saturated heterocycles. The van der Waals surface area contributed by atoms with E-state index >= 15 is 0 Å². The fourth-order valence-corrected chi connectivity index (χ4v) is 2.86. The molecule has 0 radical (unpaired) electrons. The van der Waals surface area contributed by atoms with E-state index in [2.05, 4.69) is 10.3 Å². The van der Waals surface area contributed by atoms with Gasteiger partial charge in [-0.3, -0.25) is 4.79 Å². The van der Waals surface area contributed by atoms with Gasteiger partial charge in [0.05, 0.1) is 12.8 Å². The average molecular weight is 353 g/mol. The molecule has 3 aromatic rings. The number of para-hydroxylation sites is 1. The molecule has 0 fully saturated rings. The minimum Gasteiger partial charge on any atom is -0.493 e. The molecule has 0 aliphatic rings. The number of rotatable bonds is 7. The number of nitrogens with one attached hydrogen (secondary N) is 1. The van der Waals surface area contributed by atoms with Crippen LogP contribution in [0.1, 0.15) is 16.8 Å². The van der Waals surface area contributed by atoms with Crippen molar-refractivity contribution in [2.24, 2.45) is 0 Å². The maximum atomic E-state index is 12.0. The zero-order valence-corrected chi connectivity index (χ0v) is 15.3. The molecule has 0 bridgehead atoms. The van der Waals surface area contributed by atoms with Crippen molar-refractivity contribution in [3.8, 4) is 11.5 Å². The van der Waals surface area contributed by atoms with Crippen LogP contribution in [0, 0.1) is 13.8 Å². The number of carbonyl (C=O) groups is 1. The molecule has 6 heteroatoms. The third-order valence-corrected chi connectivity index (χ3v) is 4.18. The van der Waals surface area contributed by atoms with Gasteiger partial charge in [-0.25, -0.2) is 4.98 Å². The van der Waals surface area contributed by atoms with Gasteiger partial charge in [-0.1, -0.05) is 18.2 Å². The highest BCUT2D eigenvalue weighted by Gasteiger charge is 2.09. The molecular weight excluding hydrogens is 330 g/mol. The van der Waals surface area contributed by atoms with Gasteiger partial charge < -0.3 is 19.2 Å². The molecule has 3 rings (SSSR count). The number of imidazole rings is 1. The third kappa shape index (κ3) is 3.96. The summed E-state index contributed by atoms with van der Waals surface area (Å²) in [6.07, 6.45) is 4.50. The number of amides is 1. The number of aromatic nitrogens is 2. The van der Waals surface area contributed by atoms with E-state index in [0.29, 0.717) is 13.0 Å². The Hall–Kier alpha value is -3.02. The molecule has 6 nitrogen and oxygen atoms in total. The number of benzene rings is 1. The van der Waals surface area contributed by atoms with Gasteiger partial charge in [0.1, 0.15) is 5.75 Å². The van der Waals surface area contributed by atoms with E-state index in [1.807, 2.05) is 61.0 Å². The minimum atomic E-state index is -0.144. The van der Waals surface area contributed by atoms with E-state index in [1.54, 1.807) is 7.11 Å². The number of pyridine rings is 1. The molecule has 0 aliphatic heterocycles. The van der Waals surface area contributed by atoms with Crippen molar-refractivity contribution < 1.29 is 14.3 Å². The second kappa shape index (κ2) is 7.91. The van der Waals surface area contributed by atoms with Crippen LogP contribution in [0.4, 0.5) is 0 Å². The van der Waals surface area contributed by atoms with Crippen molar-refractivity contribution in [1.29, 1.82) is 0 Å². The Morgan fingerprint density at radius 2 is 1.96 bits per heavy atom. The molecule has 0 unspecified atom stereocenters. The summed E-state index contributed by atoms with van der Waals surface area (Å²) in [6.45, 7) is 4.45. The number of hydrogen-bond acceptors (Lipinski definition) is 4. The van der Waals surface area contributed by atoms with Crippen LogP contribution < -0.4 is 14.8 Å². The Bertz CT molecular complexity index is 898. The van der Waals surface area contributed by atoms with E-state index < -0.39 is 0 Å². The molecular formula is C20H23N3O3. The highest BCUT2D eigenvalue weighted by atomic mass is 16.5. The summed E-state index contributed by atoms with van der Waals surface area (Å²) in [5.41, 5.74) is 3.72. The van der Waals surface area contributed by atoms with Gasteiger partial charge in [0.25, 0.3) is 5.91 Å². The lowest BCUT2D eigenvalue weighted by Crippen LogP contribution is -2.30. The van der Waals surface area contributed by atoms with Gasteiger partial charge in [0, 0.05) is 25.4 Å². The van der Waals surface area contributed by atoms with Gasteiger partial charge in [-0.05, 0) is 37.1 Å². The van der Waals surface area contributed by atoms with Crippen LogP contribution in [0.2, 0.25) is 0 Å². The molecule has 1 N–H and O–H groups in total. The number of nitrogens with zero attached hydrogens (tertiary/aromatic N) is 2. The van der Waals surface area contributed by atoms with Crippen molar-refractivity contribution >= 4 is 11.6 Å². The van der Waals surface area contributed by atoms with Crippen LogP contribution in [0.15, 0.2) is 42.7 Å². The molecule has 0 atom stereocenters.